The van der Waals surface area contributed by atoms with E-state index in [9.17, 15) is 19.6 Å². The van der Waals surface area contributed by atoms with Crippen LogP contribution < -0.4 is 16.4 Å². The van der Waals surface area contributed by atoms with Gasteiger partial charge in [-0.05, 0) is 13.8 Å². The summed E-state index contributed by atoms with van der Waals surface area (Å²) in [6.45, 7) is 3.97. The highest BCUT2D eigenvalue weighted by atomic mass is 32.2. The van der Waals surface area contributed by atoms with Gasteiger partial charge in [-0.1, -0.05) is 17.2 Å². The lowest BCUT2D eigenvalue weighted by molar-refractivity contribution is -1.21. The van der Waals surface area contributed by atoms with Gasteiger partial charge in [0.1, 0.15) is 12.6 Å². The number of hydrogen-bond acceptors (Lipinski definition) is 7. The molecule has 116 valence electrons. The van der Waals surface area contributed by atoms with Crippen LogP contribution in [0.3, 0.4) is 0 Å². The Kier molecular flexibility index (Phi) is 7.68. The van der Waals surface area contributed by atoms with E-state index in [1.54, 1.807) is 0 Å². The molecule has 0 bridgehead atoms. The molecule has 2 atom stereocenters. The van der Waals surface area contributed by atoms with Crippen LogP contribution in [0.4, 0.5) is 0 Å². The van der Waals surface area contributed by atoms with Crippen molar-refractivity contribution in [1.82, 2.24) is 5.32 Å². The Morgan fingerprint density at radius 3 is 2.45 bits per heavy atom. The molecule has 0 rings (SSSR count). The summed E-state index contributed by atoms with van der Waals surface area (Å²) in [6, 6.07) is -0.961. The number of primary amides is 1. The lowest BCUT2D eigenvalue weighted by atomic mass is 9.97. The maximum Gasteiger partial charge on any atom is 0.240 e. The van der Waals surface area contributed by atoms with E-state index in [2.05, 4.69) is 10.2 Å². The number of carbonyl (C=O) groups excluding carboxylic acids is 3. The monoisotopic (exact) mass is 309 g/mol. The summed E-state index contributed by atoms with van der Waals surface area (Å²) in [7, 11) is 0. The van der Waals surface area contributed by atoms with E-state index < -0.39 is 28.7 Å². The second kappa shape index (κ2) is 8.17. The molecule has 0 saturated carbocycles. The van der Waals surface area contributed by atoms with Gasteiger partial charge in [0.2, 0.25) is 11.8 Å². The molecule has 10 heteroatoms. The minimum Gasteiger partial charge on any atom is -0.566 e. The van der Waals surface area contributed by atoms with E-state index in [0.29, 0.717) is 0 Å². The summed E-state index contributed by atoms with van der Waals surface area (Å²) in [5.74, 6) is -1.21. The van der Waals surface area contributed by atoms with Gasteiger partial charge in [0.15, 0.2) is 5.12 Å². The maximum atomic E-state index is 11.9. The fraction of sp³-hybridized carbons (Fsp3) is 0.700. The number of amides is 2. The third kappa shape index (κ3) is 7.40. The van der Waals surface area contributed by atoms with Crippen LogP contribution in [0, 0.1) is 10.6 Å². The number of rotatable bonds is 8. The molecule has 0 aromatic carbocycles. The molecule has 0 spiro atoms. The predicted octanol–water partition coefficient (Wildman–Crippen LogP) is -2.03. The van der Waals surface area contributed by atoms with Crippen molar-refractivity contribution in [2.24, 2.45) is 11.1 Å². The molecule has 9 nitrogen and oxygen atoms in total. The van der Waals surface area contributed by atoms with E-state index in [0.717, 1.165) is 11.8 Å². The molecule has 2 unspecified atom stereocenters. The summed E-state index contributed by atoms with van der Waals surface area (Å²) in [5.41, 5.74) is 4.06. The molecule has 0 aliphatic heterocycles. The lowest BCUT2D eigenvalue weighted by Gasteiger charge is -2.23. The minimum atomic E-state index is -1.47. The first-order chi connectivity index (χ1) is 9.06. The van der Waals surface area contributed by atoms with Crippen LogP contribution in [0.25, 0.3) is 0 Å². The minimum absolute atomic E-state index is 0.0236. The molecule has 0 heterocycles. The summed E-state index contributed by atoms with van der Waals surface area (Å²) in [6.07, 6.45) is 0. The van der Waals surface area contributed by atoms with Crippen molar-refractivity contribution < 1.29 is 29.8 Å². The highest BCUT2D eigenvalue weighted by Crippen LogP contribution is 2.24. The number of hydrogen-bond donors (Lipinski definition) is 4. The van der Waals surface area contributed by atoms with Gasteiger partial charge in [-0.25, -0.2) is 0 Å². The normalized spacial score (nSPS) is 14.4. The van der Waals surface area contributed by atoms with Gasteiger partial charge in [0.25, 0.3) is 0 Å². The average Bonchev–Trinajstić information content (AvgIpc) is 2.30. The van der Waals surface area contributed by atoms with Gasteiger partial charge in [-0.15, -0.1) is 0 Å². The van der Waals surface area contributed by atoms with Gasteiger partial charge in [-0.2, -0.15) is 10.0 Å². The molecule has 2 amide bonds. The largest absolute Gasteiger partial charge is 0.566 e. The molecule has 0 saturated heterocycles. The molecule has 0 aliphatic carbocycles. The first-order valence-corrected chi connectivity index (χ1v) is 6.64. The first-order valence-electron chi connectivity index (χ1n) is 5.65. The number of carbonyl (C=O) groups is 3. The van der Waals surface area contributed by atoms with Crippen molar-refractivity contribution in [2.75, 3.05) is 12.4 Å². The van der Waals surface area contributed by atoms with Gasteiger partial charge in [0, 0.05) is 12.7 Å². The Morgan fingerprint density at radius 1 is 1.50 bits per heavy atom. The molecule has 20 heavy (non-hydrogen) atoms. The van der Waals surface area contributed by atoms with E-state index in [1.807, 2.05) is 0 Å². The summed E-state index contributed by atoms with van der Waals surface area (Å²) < 4.78 is 0. The molecule has 0 aliphatic rings. The van der Waals surface area contributed by atoms with Crippen molar-refractivity contribution in [3.8, 4) is 0 Å². The SMILES string of the molecule is CC(=O)NC(CSC(=O)C(C)(C)CO[NH+]([O-])O)C(N)=O. The Balaban J connectivity index is 4.43. The Morgan fingerprint density at radius 2 is 2.05 bits per heavy atom. The summed E-state index contributed by atoms with van der Waals surface area (Å²) >= 11 is 0.786. The van der Waals surface area contributed by atoms with Crippen molar-refractivity contribution in [3.05, 3.63) is 5.21 Å². The van der Waals surface area contributed by atoms with Crippen LogP contribution in [-0.2, 0) is 19.2 Å². The van der Waals surface area contributed by atoms with Crippen LogP contribution in [0.15, 0.2) is 0 Å². The fourth-order valence-corrected chi connectivity index (χ4v) is 2.11. The van der Waals surface area contributed by atoms with Gasteiger partial charge < -0.3 is 16.3 Å². The smallest absolute Gasteiger partial charge is 0.240 e. The molecular weight excluding hydrogens is 290 g/mol. The quantitative estimate of drug-likeness (QED) is 0.378. The molecule has 0 radical (unpaired) electrons. The zero-order chi connectivity index (χ0) is 15.9. The third-order valence-electron chi connectivity index (χ3n) is 2.21. The van der Waals surface area contributed by atoms with Crippen molar-refractivity contribution in [2.45, 2.75) is 26.8 Å². The standard InChI is InChI=1S/C10H19N3O6S/c1-6(14)12-7(8(11)15)4-20-9(16)10(2,3)5-19-13(17)18/h7,13,17H,4-5H2,1-3H3,(H2,11,15)(H,12,14). The Bertz CT molecular complexity index is 374. The predicted molar refractivity (Wildman–Crippen MR) is 70.1 cm³/mol. The van der Waals surface area contributed by atoms with Gasteiger partial charge >= 0.3 is 0 Å². The van der Waals surface area contributed by atoms with Gasteiger partial charge in [-0.3, -0.25) is 14.4 Å². The van der Waals surface area contributed by atoms with Crippen LogP contribution in [-0.4, -0.2) is 40.5 Å². The van der Waals surface area contributed by atoms with Crippen LogP contribution in [0.5, 0.6) is 0 Å². The number of nitrogens with two attached hydrogens (primary N) is 1. The van der Waals surface area contributed by atoms with Gasteiger partial charge in [0.05, 0.1) is 5.41 Å². The number of thioether (sulfide) groups is 1. The molecular formula is C10H19N3O6S. The van der Waals surface area contributed by atoms with Crippen molar-refractivity contribution >= 4 is 28.7 Å². The van der Waals surface area contributed by atoms with Crippen LogP contribution >= 0.6 is 11.8 Å². The zero-order valence-corrected chi connectivity index (χ0v) is 12.3. The molecule has 0 aromatic heterocycles. The zero-order valence-electron chi connectivity index (χ0n) is 11.5. The second-order valence-corrected chi connectivity index (χ2v) is 5.69. The molecule has 5 N–H and O–H groups in total. The average molecular weight is 309 g/mol. The highest BCUT2D eigenvalue weighted by molar-refractivity contribution is 8.13. The summed E-state index contributed by atoms with van der Waals surface area (Å²) in [4.78, 5) is 38.3. The fourth-order valence-electron chi connectivity index (χ4n) is 1.10. The van der Waals surface area contributed by atoms with E-state index in [1.165, 1.54) is 20.8 Å². The highest BCUT2D eigenvalue weighted by Gasteiger charge is 2.31. The van der Waals surface area contributed by atoms with Crippen LogP contribution in [0.1, 0.15) is 20.8 Å². The number of nitrogens with one attached hydrogen (secondary N) is 2. The first kappa shape index (κ1) is 18.8. The van der Waals surface area contributed by atoms with E-state index in [-0.39, 0.29) is 17.5 Å². The second-order valence-electron chi connectivity index (χ2n) is 4.69. The van der Waals surface area contributed by atoms with Crippen molar-refractivity contribution in [3.63, 3.8) is 0 Å². The Labute approximate surface area is 120 Å². The van der Waals surface area contributed by atoms with Crippen LogP contribution in [0.2, 0.25) is 0 Å². The van der Waals surface area contributed by atoms with E-state index >= 15 is 0 Å². The summed E-state index contributed by atoms with van der Waals surface area (Å²) in [5, 5.41) is 19.2. The topological polar surface area (TPSA) is 146 Å². The lowest BCUT2D eigenvalue weighted by Crippen LogP contribution is -3.03. The molecule has 0 fully saturated rings. The maximum absolute atomic E-state index is 11.9. The number of quaternary nitrogens is 1. The van der Waals surface area contributed by atoms with Crippen molar-refractivity contribution in [1.29, 1.82) is 0 Å². The third-order valence-corrected chi connectivity index (χ3v) is 3.53. The molecule has 0 aromatic rings. The van der Waals surface area contributed by atoms with E-state index in [4.69, 9.17) is 10.9 Å². The Hall–Kier alpha value is -1.20.